The number of benzene rings is 1. The molecule has 0 fully saturated rings. The Morgan fingerprint density at radius 3 is 2.59 bits per heavy atom. The lowest BCUT2D eigenvalue weighted by molar-refractivity contribution is -0.136. The quantitative estimate of drug-likeness (QED) is 0.560. The van der Waals surface area contributed by atoms with E-state index < -0.39 is 11.8 Å². The molecule has 22 heavy (non-hydrogen) atoms. The van der Waals surface area contributed by atoms with E-state index in [0.717, 1.165) is 17.1 Å². The molecule has 1 aromatic rings. The van der Waals surface area contributed by atoms with E-state index in [9.17, 15) is 9.59 Å². The van der Waals surface area contributed by atoms with Gasteiger partial charge in [0, 0.05) is 18.6 Å². The molecule has 0 heterocycles. The number of rotatable bonds is 8. The van der Waals surface area contributed by atoms with Crippen molar-refractivity contribution < 1.29 is 14.3 Å². The maximum absolute atomic E-state index is 11.9. The Bertz CT molecular complexity index is 497. The van der Waals surface area contributed by atoms with E-state index in [0.29, 0.717) is 12.2 Å². The van der Waals surface area contributed by atoms with Gasteiger partial charge in [0.1, 0.15) is 0 Å². The van der Waals surface area contributed by atoms with Gasteiger partial charge in [-0.2, -0.15) is 11.8 Å². The van der Waals surface area contributed by atoms with Gasteiger partial charge in [-0.05, 0) is 36.8 Å². The van der Waals surface area contributed by atoms with E-state index in [1.807, 2.05) is 30.7 Å². The van der Waals surface area contributed by atoms with Crippen LogP contribution in [0.3, 0.4) is 0 Å². The number of methoxy groups -OCH3 is 1. The van der Waals surface area contributed by atoms with Crippen molar-refractivity contribution in [3.8, 4) is 0 Å². The Hall–Kier alpha value is -1.18. The molecule has 0 saturated carbocycles. The standard InChI is InChI=1S/C15H22N2O3S2/c1-20-11(8-9-21-2)10-16-14(18)15(19)17-12-6-4-5-7-13(12)22-3/h4-7,11H,8-10H2,1-3H3,(H,16,18)(H,17,19). The van der Waals surface area contributed by atoms with Crippen LogP contribution in [0.1, 0.15) is 6.42 Å². The molecule has 0 aliphatic rings. The number of ether oxygens (including phenoxy) is 1. The minimum Gasteiger partial charge on any atom is -0.380 e. The van der Waals surface area contributed by atoms with Gasteiger partial charge >= 0.3 is 11.8 Å². The SMILES string of the molecule is COC(CCSC)CNC(=O)C(=O)Nc1ccccc1SC. The summed E-state index contributed by atoms with van der Waals surface area (Å²) in [6.07, 6.45) is 4.68. The van der Waals surface area contributed by atoms with Crippen molar-refractivity contribution in [3.63, 3.8) is 0 Å². The number of carbonyl (C=O) groups excluding carboxylic acids is 2. The fraction of sp³-hybridized carbons (Fsp3) is 0.467. The molecular formula is C15H22N2O3S2. The van der Waals surface area contributed by atoms with E-state index in [1.165, 1.54) is 11.8 Å². The van der Waals surface area contributed by atoms with E-state index in [2.05, 4.69) is 10.6 Å². The maximum Gasteiger partial charge on any atom is 0.313 e. The van der Waals surface area contributed by atoms with Crippen LogP contribution < -0.4 is 10.6 Å². The van der Waals surface area contributed by atoms with Crippen LogP contribution in [0.2, 0.25) is 0 Å². The van der Waals surface area contributed by atoms with Crippen molar-refractivity contribution in [2.45, 2.75) is 17.4 Å². The summed E-state index contributed by atoms with van der Waals surface area (Å²) in [5, 5.41) is 5.24. The predicted octanol–water partition coefficient (Wildman–Crippen LogP) is 2.23. The van der Waals surface area contributed by atoms with Crippen molar-refractivity contribution in [2.75, 3.05) is 37.2 Å². The molecule has 0 aliphatic carbocycles. The zero-order valence-electron chi connectivity index (χ0n) is 13.0. The third kappa shape index (κ3) is 6.29. The summed E-state index contributed by atoms with van der Waals surface area (Å²) in [6, 6.07) is 7.36. The van der Waals surface area contributed by atoms with E-state index >= 15 is 0 Å². The number of nitrogens with one attached hydrogen (secondary N) is 2. The lowest BCUT2D eigenvalue weighted by Gasteiger charge is -2.15. The second-order valence-corrected chi connectivity index (χ2v) is 6.34. The molecule has 0 spiro atoms. The van der Waals surface area contributed by atoms with E-state index in [4.69, 9.17) is 4.74 Å². The van der Waals surface area contributed by atoms with Gasteiger partial charge in [-0.3, -0.25) is 9.59 Å². The molecule has 0 aliphatic heterocycles. The molecule has 1 aromatic carbocycles. The molecule has 1 rings (SSSR count). The first-order valence-electron chi connectivity index (χ1n) is 6.86. The fourth-order valence-electron chi connectivity index (χ4n) is 1.77. The monoisotopic (exact) mass is 342 g/mol. The Morgan fingerprint density at radius 1 is 1.23 bits per heavy atom. The Kier molecular flexibility index (Phi) is 9.03. The van der Waals surface area contributed by atoms with Crippen molar-refractivity contribution in [1.29, 1.82) is 0 Å². The van der Waals surface area contributed by atoms with Gasteiger partial charge in [0.2, 0.25) is 0 Å². The first-order chi connectivity index (χ1) is 10.6. The number of hydrogen-bond donors (Lipinski definition) is 2. The predicted molar refractivity (Wildman–Crippen MR) is 93.7 cm³/mol. The molecule has 7 heteroatoms. The number of thioether (sulfide) groups is 2. The molecule has 2 amide bonds. The highest BCUT2D eigenvalue weighted by molar-refractivity contribution is 7.98. The zero-order chi connectivity index (χ0) is 16.4. The summed E-state index contributed by atoms with van der Waals surface area (Å²) in [6.45, 7) is 0.327. The van der Waals surface area contributed by atoms with Crippen LogP contribution in [-0.4, -0.2) is 49.8 Å². The fourth-order valence-corrected chi connectivity index (χ4v) is 2.82. The van der Waals surface area contributed by atoms with Gasteiger partial charge in [-0.15, -0.1) is 11.8 Å². The molecule has 0 saturated heterocycles. The Labute approximate surface area is 139 Å². The topological polar surface area (TPSA) is 67.4 Å². The smallest absolute Gasteiger partial charge is 0.313 e. The number of hydrogen-bond acceptors (Lipinski definition) is 5. The van der Waals surface area contributed by atoms with E-state index in [-0.39, 0.29) is 6.10 Å². The van der Waals surface area contributed by atoms with Crippen molar-refractivity contribution in [2.24, 2.45) is 0 Å². The van der Waals surface area contributed by atoms with Gasteiger partial charge in [0.05, 0.1) is 11.8 Å². The summed E-state index contributed by atoms with van der Waals surface area (Å²) in [5.74, 6) is -0.370. The number of para-hydroxylation sites is 1. The molecule has 2 N–H and O–H groups in total. The first kappa shape index (κ1) is 18.9. The highest BCUT2D eigenvalue weighted by Crippen LogP contribution is 2.24. The Morgan fingerprint density at radius 2 is 1.95 bits per heavy atom. The number of anilines is 1. The highest BCUT2D eigenvalue weighted by Gasteiger charge is 2.16. The van der Waals surface area contributed by atoms with Crippen LogP contribution in [0.25, 0.3) is 0 Å². The lowest BCUT2D eigenvalue weighted by atomic mass is 10.2. The van der Waals surface area contributed by atoms with Crippen LogP contribution in [0, 0.1) is 0 Å². The van der Waals surface area contributed by atoms with Crippen LogP contribution in [0.5, 0.6) is 0 Å². The summed E-state index contributed by atoms with van der Waals surface area (Å²) < 4.78 is 5.27. The van der Waals surface area contributed by atoms with Crippen LogP contribution in [0.15, 0.2) is 29.2 Å². The molecule has 5 nitrogen and oxygen atoms in total. The highest BCUT2D eigenvalue weighted by atomic mass is 32.2. The van der Waals surface area contributed by atoms with Gasteiger partial charge in [-0.1, -0.05) is 12.1 Å². The number of carbonyl (C=O) groups is 2. The number of amides is 2. The van der Waals surface area contributed by atoms with Gasteiger partial charge in [0.25, 0.3) is 0 Å². The molecule has 0 bridgehead atoms. The molecule has 1 atom stereocenters. The van der Waals surface area contributed by atoms with Crippen molar-refractivity contribution in [1.82, 2.24) is 5.32 Å². The average molecular weight is 342 g/mol. The average Bonchev–Trinajstić information content (AvgIpc) is 2.55. The lowest BCUT2D eigenvalue weighted by Crippen LogP contribution is -2.40. The summed E-state index contributed by atoms with van der Waals surface area (Å²) in [7, 11) is 1.60. The second kappa shape index (κ2) is 10.5. The molecule has 122 valence electrons. The minimum atomic E-state index is -0.666. The summed E-state index contributed by atoms with van der Waals surface area (Å²) in [5.41, 5.74) is 0.640. The summed E-state index contributed by atoms with van der Waals surface area (Å²) in [4.78, 5) is 24.7. The van der Waals surface area contributed by atoms with Gasteiger partial charge in [-0.25, -0.2) is 0 Å². The molecular weight excluding hydrogens is 320 g/mol. The van der Waals surface area contributed by atoms with Gasteiger partial charge in [0.15, 0.2) is 0 Å². The first-order valence-corrected chi connectivity index (χ1v) is 9.48. The largest absolute Gasteiger partial charge is 0.380 e. The van der Waals surface area contributed by atoms with Crippen molar-refractivity contribution >= 4 is 41.0 Å². The molecule has 1 unspecified atom stereocenters. The Balaban J connectivity index is 2.49. The maximum atomic E-state index is 11.9. The van der Waals surface area contributed by atoms with Crippen LogP contribution in [0.4, 0.5) is 5.69 Å². The zero-order valence-corrected chi connectivity index (χ0v) is 14.7. The van der Waals surface area contributed by atoms with Crippen LogP contribution in [-0.2, 0) is 14.3 Å². The van der Waals surface area contributed by atoms with Crippen LogP contribution >= 0.6 is 23.5 Å². The third-order valence-electron chi connectivity index (χ3n) is 3.03. The minimum absolute atomic E-state index is 0.0808. The molecule has 0 radical (unpaired) electrons. The van der Waals surface area contributed by atoms with E-state index in [1.54, 1.807) is 24.9 Å². The second-order valence-electron chi connectivity index (χ2n) is 4.50. The van der Waals surface area contributed by atoms with Gasteiger partial charge < -0.3 is 15.4 Å². The molecule has 0 aromatic heterocycles. The normalized spacial score (nSPS) is 11.8. The third-order valence-corrected chi connectivity index (χ3v) is 4.47. The van der Waals surface area contributed by atoms with Crippen molar-refractivity contribution in [3.05, 3.63) is 24.3 Å². The summed E-state index contributed by atoms with van der Waals surface area (Å²) >= 11 is 3.23.